The molecular formula is C12H18O4. The van der Waals surface area contributed by atoms with Crippen molar-refractivity contribution in [3.8, 4) is 0 Å². The predicted molar refractivity (Wildman–Crippen MR) is 58.6 cm³/mol. The van der Waals surface area contributed by atoms with E-state index in [9.17, 15) is 20.4 Å². The molecule has 2 unspecified atom stereocenters. The minimum atomic E-state index is -1.43. The first-order valence-corrected chi connectivity index (χ1v) is 5.54. The van der Waals surface area contributed by atoms with Crippen molar-refractivity contribution in [3.05, 3.63) is 24.8 Å². The highest BCUT2D eigenvalue weighted by Gasteiger charge is 2.60. The Morgan fingerprint density at radius 2 is 1.88 bits per heavy atom. The SMILES string of the molecule is C=CC[C@H]1C=C[C@]2(O)CC(O)C(O)C[C@@]12O. The van der Waals surface area contributed by atoms with Crippen LogP contribution in [0.25, 0.3) is 0 Å². The summed E-state index contributed by atoms with van der Waals surface area (Å²) in [5, 5.41) is 40.0. The molecule has 4 N–H and O–H groups in total. The maximum atomic E-state index is 10.5. The smallest absolute Gasteiger partial charge is 0.115 e. The van der Waals surface area contributed by atoms with Crippen LogP contribution in [0.4, 0.5) is 0 Å². The van der Waals surface area contributed by atoms with E-state index in [2.05, 4.69) is 6.58 Å². The Morgan fingerprint density at radius 1 is 1.25 bits per heavy atom. The molecule has 4 heteroatoms. The Kier molecular flexibility index (Phi) is 2.70. The van der Waals surface area contributed by atoms with Gasteiger partial charge in [-0.3, -0.25) is 0 Å². The van der Waals surface area contributed by atoms with Gasteiger partial charge >= 0.3 is 0 Å². The monoisotopic (exact) mass is 226 g/mol. The first-order valence-electron chi connectivity index (χ1n) is 5.54. The zero-order valence-corrected chi connectivity index (χ0v) is 9.08. The summed E-state index contributed by atoms with van der Waals surface area (Å²) in [5.74, 6) is -0.253. The van der Waals surface area contributed by atoms with E-state index in [0.717, 1.165) is 0 Å². The molecule has 2 aliphatic carbocycles. The molecule has 2 rings (SSSR count). The highest BCUT2D eigenvalue weighted by molar-refractivity contribution is 5.28. The molecule has 1 saturated carbocycles. The van der Waals surface area contributed by atoms with Crippen LogP contribution in [0, 0.1) is 5.92 Å². The predicted octanol–water partition coefficient (Wildman–Crippen LogP) is -0.274. The number of aliphatic hydroxyl groups excluding tert-OH is 2. The third-order valence-corrected chi connectivity index (χ3v) is 3.87. The number of hydrogen-bond donors (Lipinski definition) is 4. The summed E-state index contributed by atoms with van der Waals surface area (Å²) in [6.45, 7) is 3.61. The topological polar surface area (TPSA) is 80.9 Å². The van der Waals surface area contributed by atoms with Crippen LogP contribution in [0.1, 0.15) is 19.3 Å². The minimum absolute atomic E-state index is 0.0177. The summed E-state index contributed by atoms with van der Waals surface area (Å²) >= 11 is 0. The van der Waals surface area contributed by atoms with Crippen LogP contribution in [0.15, 0.2) is 24.8 Å². The second kappa shape index (κ2) is 3.67. The molecule has 0 aromatic carbocycles. The molecule has 0 heterocycles. The lowest BCUT2D eigenvalue weighted by molar-refractivity contribution is -0.207. The number of fused-ring (bicyclic) bond motifs is 1. The van der Waals surface area contributed by atoms with Crippen molar-refractivity contribution in [2.45, 2.75) is 42.7 Å². The van der Waals surface area contributed by atoms with Crippen molar-refractivity contribution in [2.24, 2.45) is 5.92 Å². The van der Waals surface area contributed by atoms with Gasteiger partial charge in [0.1, 0.15) is 11.2 Å². The summed E-state index contributed by atoms with van der Waals surface area (Å²) in [6.07, 6.45) is 3.47. The molecule has 90 valence electrons. The van der Waals surface area contributed by atoms with Gasteiger partial charge < -0.3 is 20.4 Å². The van der Waals surface area contributed by atoms with E-state index in [1.54, 1.807) is 12.2 Å². The number of allylic oxidation sites excluding steroid dienone is 1. The van der Waals surface area contributed by atoms with E-state index in [0.29, 0.717) is 6.42 Å². The molecule has 5 atom stereocenters. The van der Waals surface area contributed by atoms with Crippen molar-refractivity contribution < 1.29 is 20.4 Å². The second-order valence-electron chi connectivity index (χ2n) is 4.88. The molecular weight excluding hydrogens is 208 g/mol. The highest BCUT2D eigenvalue weighted by Crippen LogP contribution is 2.49. The quantitative estimate of drug-likeness (QED) is 0.488. The average molecular weight is 226 g/mol. The van der Waals surface area contributed by atoms with Crippen LogP contribution in [-0.2, 0) is 0 Å². The maximum Gasteiger partial charge on any atom is 0.115 e. The molecule has 4 nitrogen and oxygen atoms in total. The van der Waals surface area contributed by atoms with Gasteiger partial charge in [0, 0.05) is 18.8 Å². The molecule has 0 spiro atoms. The van der Waals surface area contributed by atoms with Crippen molar-refractivity contribution in [2.75, 3.05) is 0 Å². The van der Waals surface area contributed by atoms with Gasteiger partial charge in [-0.25, -0.2) is 0 Å². The summed E-state index contributed by atoms with van der Waals surface area (Å²) < 4.78 is 0. The molecule has 0 aliphatic heterocycles. The lowest BCUT2D eigenvalue weighted by atomic mass is 9.67. The second-order valence-corrected chi connectivity index (χ2v) is 4.88. The molecule has 0 radical (unpaired) electrons. The molecule has 0 aromatic heterocycles. The molecule has 0 bridgehead atoms. The molecule has 0 saturated heterocycles. The van der Waals surface area contributed by atoms with E-state index in [1.165, 1.54) is 6.08 Å². The van der Waals surface area contributed by atoms with Crippen LogP contribution in [0.2, 0.25) is 0 Å². The van der Waals surface area contributed by atoms with Crippen molar-refractivity contribution in [3.63, 3.8) is 0 Å². The Hall–Kier alpha value is -0.680. The molecule has 2 aliphatic rings. The van der Waals surface area contributed by atoms with E-state index in [4.69, 9.17) is 0 Å². The number of rotatable bonds is 2. The molecule has 0 amide bonds. The first kappa shape index (κ1) is 11.8. The Balaban J connectivity index is 2.30. The molecule has 1 fully saturated rings. The summed E-state index contributed by atoms with van der Waals surface area (Å²) in [6, 6.07) is 0. The maximum absolute atomic E-state index is 10.5. The van der Waals surface area contributed by atoms with Crippen molar-refractivity contribution in [1.29, 1.82) is 0 Å². The van der Waals surface area contributed by atoms with Gasteiger partial charge in [-0.1, -0.05) is 18.2 Å². The van der Waals surface area contributed by atoms with Gasteiger partial charge in [-0.15, -0.1) is 6.58 Å². The van der Waals surface area contributed by atoms with E-state index < -0.39 is 23.4 Å². The van der Waals surface area contributed by atoms with Gasteiger partial charge in [-0.2, -0.15) is 0 Å². The van der Waals surface area contributed by atoms with Gasteiger partial charge in [0.15, 0.2) is 0 Å². The van der Waals surface area contributed by atoms with Crippen molar-refractivity contribution in [1.82, 2.24) is 0 Å². The molecule has 16 heavy (non-hydrogen) atoms. The summed E-state index contributed by atoms with van der Waals surface area (Å²) in [7, 11) is 0. The van der Waals surface area contributed by atoms with Gasteiger partial charge in [0.05, 0.1) is 12.2 Å². The van der Waals surface area contributed by atoms with Gasteiger partial charge in [-0.05, 0) is 6.42 Å². The van der Waals surface area contributed by atoms with Crippen LogP contribution >= 0.6 is 0 Å². The van der Waals surface area contributed by atoms with E-state index >= 15 is 0 Å². The average Bonchev–Trinajstić information content (AvgIpc) is 2.43. The zero-order valence-electron chi connectivity index (χ0n) is 9.08. The fourth-order valence-corrected chi connectivity index (χ4v) is 2.84. The third kappa shape index (κ3) is 1.45. The Labute approximate surface area is 94.5 Å². The molecule has 0 aromatic rings. The van der Waals surface area contributed by atoms with Crippen LogP contribution < -0.4 is 0 Å². The van der Waals surface area contributed by atoms with Gasteiger partial charge in [0.2, 0.25) is 0 Å². The standard InChI is InChI=1S/C12H18O4/c1-2-3-8-4-5-11(15)6-9(13)10(14)7-12(8,11)16/h2,4-5,8-10,13-16H,1,3,6-7H2/t8-,9?,10?,11-,12+/m0/s1. The van der Waals surface area contributed by atoms with Crippen molar-refractivity contribution >= 4 is 0 Å². The number of hydrogen-bond acceptors (Lipinski definition) is 4. The van der Waals surface area contributed by atoms with E-state index in [1.807, 2.05) is 0 Å². The van der Waals surface area contributed by atoms with Crippen LogP contribution in [0.5, 0.6) is 0 Å². The van der Waals surface area contributed by atoms with Crippen LogP contribution in [0.3, 0.4) is 0 Å². The summed E-state index contributed by atoms with van der Waals surface area (Å²) in [5.41, 5.74) is -2.82. The van der Waals surface area contributed by atoms with Gasteiger partial charge in [0.25, 0.3) is 0 Å². The van der Waals surface area contributed by atoms with E-state index in [-0.39, 0.29) is 18.8 Å². The lowest BCUT2D eigenvalue weighted by Crippen LogP contribution is -2.62. The third-order valence-electron chi connectivity index (χ3n) is 3.87. The normalized spacial score (nSPS) is 51.4. The minimum Gasteiger partial charge on any atom is -0.390 e. The fourth-order valence-electron chi connectivity index (χ4n) is 2.84. The first-order chi connectivity index (χ1) is 7.43. The lowest BCUT2D eigenvalue weighted by Gasteiger charge is -2.48. The summed E-state index contributed by atoms with van der Waals surface area (Å²) in [4.78, 5) is 0. The highest BCUT2D eigenvalue weighted by atomic mass is 16.4. The Morgan fingerprint density at radius 3 is 2.50 bits per heavy atom. The fraction of sp³-hybridized carbons (Fsp3) is 0.667. The number of aliphatic hydroxyl groups is 4. The van der Waals surface area contributed by atoms with Crippen LogP contribution in [-0.4, -0.2) is 43.8 Å². The largest absolute Gasteiger partial charge is 0.390 e. The Bertz CT molecular complexity index is 327. The zero-order chi connectivity index (χ0) is 12.0.